The van der Waals surface area contributed by atoms with Crippen LogP contribution in [0.5, 0.6) is 0 Å². The van der Waals surface area contributed by atoms with E-state index in [4.69, 9.17) is 10.00 Å². The van der Waals surface area contributed by atoms with Crippen molar-refractivity contribution in [1.29, 1.82) is 5.26 Å². The lowest BCUT2D eigenvalue weighted by molar-refractivity contribution is 0.0613. The average molecular weight is 313 g/mol. The van der Waals surface area contributed by atoms with Gasteiger partial charge in [0.1, 0.15) is 0 Å². The lowest BCUT2D eigenvalue weighted by atomic mass is 10.0. The van der Waals surface area contributed by atoms with Crippen LogP contribution >= 0.6 is 0 Å². The molecule has 0 spiro atoms. The number of ether oxygens (including phenoxy) is 1. The molecule has 2 saturated heterocycles. The Morgan fingerprint density at radius 1 is 1.30 bits per heavy atom. The van der Waals surface area contributed by atoms with Gasteiger partial charge in [0.25, 0.3) is 5.91 Å². The van der Waals surface area contributed by atoms with Crippen LogP contribution in [-0.4, -0.2) is 49.2 Å². The van der Waals surface area contributed by atoms with Crippen molar-refractivity contribution in [2.45, 2.75) is 37.8 Å². The Kier molecular flexibility index (Phi) is 5.27. The fraction of sp³-hybridized carbons (Fsp3) is 0.556. The van der Waals surface area contributed by atoms with E-state index in [1.807, 2.05) is 0 Å². The fourth-order valence-electron chi connectivity index (χ4n) is 3.38. The number of benzene rings is 1. The predicted octanol–water partition coefficient (Wildman–Crippen LogP) is 1.93. The molecule has 23 heavy (non-hydrogen) atoms. The van der Waals surface area contributed by atoms with Gasteiger partial charge in [-0.1, -0.05) is 12.1 Å². The number of nitrogens with one attached hydrogen (secondary N) is 1. The first kappa shape index (κ1) is 16.0. The van der Waals surface area contributed by atoms with Gasteiger partial charge in [0.2, 0.25) is 0 Å². The summed E-state index contributed by atoms with van der Waals surface area (Å²) in [4.78, 5) is 14.8. The van der Waals surface area contributed by atoms with E-state index in [2.05, 4.69) is 16.3 Å². The Labute approximate surface area is 137 Å². The minimum Gasteiger partial charge on any atom is -0.377 e. The standard InChI is InChI=1S/C18H23N3O2/c19-12-14-4-1-2-6-17(14)18(22)20-15-7-9-21(10-8-15)13-16-5-3-11-23-16/h1-2,4,6,15-16H,3,5,7-11,13H2,(H,20,22)/t16-/m1/s1. The average Bonchev–Trinajstić information content (AvgIpc) is 3.09. The minimum atomic E-state index is -0.139. The van der Waals surface area contributed by atoms with Crippen molar-refractivity contribution in [3.05, 3.63) is 35.4 Å². The maximum Gasteiger partial charge on any atom is 0.252 e. The number of amides is 1. The lowest BCUT2D eigenvalue weighted by Gasteiger charge is -2.33. The normalized spacial score (nSPS) is 22.7. The molecule has 1 amide bonds. The molecule has 0 aliphatic carbocycles. The van der Waals surface area contributed by atoms with Gasteiger partial charge in [0.05, 0.1) is 23.3 Å². The summed E-state index contributed by atoms with van der Waals surface area (Å²) in [6, 6.07) is 9.22. The number of carbonyl (C=O) groups excluding carboxylic acids is 1. The maximum atomic E-state index is 12.4. The summed E-state index contributed by atoms with van der Waals surface area (Å²) in [7, 11) is 0. The van der Waals surface area contributed by atoms with Crippen LogP contribution in [0.1, 0.15) is 41.6 Å². The monoisotopic (exact) mass is 313 g/mol. The highest BCUT2D eigenvalue weighted by Gasteiger charge is 2.25. The molecule has 2 aliphatic heterocycles. The van der Waals surface area contributed by atoms with E-state index in [1.165, 1.54) is 12.8 Å². The van der Waals surface area contributed by atoms with E-state index < -0.39 is 0 Å². The first-order valence-corrected chi connectivity index (χ1v) is 8.40. The molecule has 2 fully saturated rings. The third-order valence-corrected chi connectivity index (χ3v) is 4.70. The number of nitrogens with zero attached hydrogens (tertiary/aromatic N) is 2. The Balaban J connectivity index is 1.48. The lowest BCUT2D eigenvalue weighted by Crippen LogP contribution is -2.46. The number of rotatable bonds is 4. The minimum absolute atomic E-state index is 0.139. The van der Waals surface area contributed by atoms with E-state index in [0.29, 0.717) is 17.2 Å². The Hall–Kier alpha value is -1.90. The van der Waals surface area contributed by atoms with Crippen molar-refractivity contribution in [3.8, 4) is 6.07 Å². The van der Waals surface area contributed by atoms with Crippen LogP contribution in [0.25, 0.3) is 0 Å². The first-order chi connectivity index (χ1) is 11.3. The second kappa shape index (κ2) is 7.58. The molecule has 1 aromatic rings. The van der Waals surface area contributed by atoms with E-state index in [0.717, 1.165) is 39.1 Å². The van der Waals surface area contributed by atoms with Crippen LogP contribution in [0, 0.1) is 11.3 Å². The fourth-order valence-corrected chi connectivity index (χ4v) is 3.38. The third-order valence-electron chi connectivity index (χ3n) is 4.70. The largest absolute Gasteiger partial charge is 0.377 e. The van der Waals surface area contributed by atoms with Crippen LogP contribution in [0.15, 0.2) is 24.3 Å². The molecule has 1 aromatic carbocycles. The summed E-state index contributed by atoms with van der Waals surface area (Å²) < 4.78 is 5.69. The van der Waals surface area contributed by atoms with Crippen molar-refractivity contribution in [3.63, 3.8) is 0 Å². The van der Waals surface area contributed by atoms with Crippen molar-refractivity contribution >= 4 is 5.91 Å². The van der Waals surface area contributed by atoms with Crippen LogP contribution in [0.2, 0.25) is 0 Å². The summed E-state index contributed by atoms with van der Waals surface area (Å²) in [5.41, 5.74) is 0.901. The molecule has 1 N–H and O–H groups in total. The van der Waals surface area contributed by atoms with Gasteiger partial charge in [-0.05, 0) is 37.8 Å². The van der Waals surface area contributed by atoms with E-state index in [9.17, 15) is 4.79 Å². The zero-order chi connectivity index (χ0) is 16.1. The summed E-state index contributed by atoms with van der Waals surface area (Å²) >= 11 is 0. The zero-order valence-corrected chi connectivity index (χ0v) is 13.3. The van der Waals surface area contributed by atoms with Gasteiger partial charge >= 0.3 is 0 Å². The summed E-state index contributed by atoms with van der Waals surface area (Å²) in [5.74, 6) is -0.139. The van der Waals surface area contributed by atoms with Gasteiger partial charge in [-0.2, -0.15) is 5.26 Å². The van der Waals surface area contributed by atoms with Gasteiger partial charge in [0.15, 0.2) is 0 Å². The van der Waals surface area contributed by atoms with Crippen molar-refractivity contribution < 1.29 is 9.53 Å². The SMILES string of the molecule is N#Cc1ccccc1C(=O)NC1CCN(C[C@H]2CCCO2)CC1. The van der Waals surface area contributed by atoms with E-state index >= 15 is 0 Å². The summed E-state index contributed by atoms with van der Waals surface area (Å²) in [6.45, 7) is 3.89. The molecular weight excluding hydrogens is 290 g/mol. The molecule has 0 aromatic heterocycles. The van der Waals surface area contributed by atoms with Crippen LogP contribution < -0.4 is 5.32 Å². The Morgan fingerprint density at radius 3 is 2.78 bits per heavy atom. The number of hydrogen-bond donors (Lipinski definition) is 1. The van der Waals surface area contributed by atoms with Crippen molar-refractivity contribution in [1.82, 2.24) is 10.2 Å². The molecular formula is C18H23N3O2. The summed E-state index contributed by atoms with van der Waals surface area (Å²) in [6.07, 6.45) is 4.64. The van der Waals surface area contributed by atoms with Crippen LogP contribution in [0.4, 0.5) is 0 Å². The maximum absolute atomic E-state index is 12.4. The first-order valence-electron chi connectivity index (χ1n) is 8.40. The molecule has 5 heteroatoms. The number of likely N-dealkylation sites (tertiary alicyclic amines) is 1. The number of carbonyl (C=O) groups is 1. The van der Waals surface area contributed by atoms with Gasteiger partial charge in [0, 0.05) is 32.3 Å². The molecule has 1 atom stereocenters. The van der Waals surface area contributed by atoms with Gasteiger partial charge in [-0.15, -0.1) is 0 Å². The van der Waals surface area contributed by atoms with Gasteiger partial charge in [-0.3, -0.25) is 4.79 Å². The Bertz CT molecular complexity index is 582. The molecule has 122 valence electrons. The van der Waals surface area contributed by atoms with Gasteiger partial charge < -0.3 is 15.0 Å². The second-order valence-electron chi connectivity index (χ2n) is 6.34. The van der Waals surface area contributed by atoms with Crippen LogP contribution in [0.3, 0.4) is 0 Å². The number of nitriles is 1. The molecule has 2 aliphatic rings. The highest BCUT2D eigenvalue weighted by Crippen LogP contribution is 2.17. The molecule has 0 bridgehead atoms. The second-order valence-corrected chi connectivity index (χ2v) is 6.34. The molecule has 5 nitrogen and oxygen atoms in total. The van der Waals surface area contributed by atoms with Crippen molar-refractivity contribution in [2.24, 2.45) is 0 Å². The predicted molar refractivity (Wildman–Crippen MR) is 87.1 cm³/mol. The molecule has 0 unspecified atom stereocenters. The zero-order valence-electron chi connectivity index (χ0n) is 13.3. The topological polar surface area (TPSA) is 65.4 Å². The molecule has 0 saturated carbocycles. The quantitative estimate of drug-likeness (QED) is 0.922. The molecule has 2 heterocycles. The van der Waals surface area contributed by atoms with Crippen molar-refractivity contribution in [2.75, 3.05) is 26.2 Å². The number of piperidine rings is 1. The van der Waals surface area contributed by atoms with Gasteiger partial charge in [-0.25, -0.2) is 0 Å². The smallest absolute Gasteiger partial charge is 0.252 e. The van der Waals surface area contributed by atoms with Crippen LogP contribution in [-0.2, 0) is 4.74 Å². The Morgan fingerprint density at radius 2 is 2.09 bits per heavy atom. The third kappa shape index (κ3) is 4.10. The van der Waals surface area contributed by atoms with E-state index in [-0.39, 0.29) is 11.9 Å². The number of hydrogen-bond acceptors (Lipinski definition) is 4. The van der Waals surface area contributed by atoms with E-state index in [1.54, 1.807) is 24.3 Å². The molecule has 3 rings (SSSR count). The molecule has 0 radical (unpaired) electrons. The summed E-state index contributed by atoms with van der Waals surface area (Å²) in [5, 5.41) is 12.2. The highest BCUT2D eigenvalue weighted by molar-refractivity contribution is 5.96. The highest BCUT2D eigenvalue weighted by atomic mass is 16.5.